The van der Waals surface area contributed by atoms with Gasteiger partial charge in [0.05, 0.1) is 5.69 Å². The number of nitrogens with one attached hydrogen (secondary N) is 1. The summed E-state index contributed by atoms with van der Waals surface area (Å²) in [6, 6.07) is 12.0. The summed E-state index contributed by atoms with van der Waals surface area (Å²) in [5, 5.41) is 3.29. The van der Waals surface area contributed by atoms with Crippen molar-refractivity contribution in [3.05, 3.63) is 59.9 Å². The zero-order valence-corrected chi connectivity index (χ0v) is 20.5. The number of guanidine groups is 1. The standard InChI is InChI=1S/C22H28F3N5O.HI/c1-17(22(23,24)25)29-11-13-30(14-12-29)21(26-2)28-15-18-6-8-20(9-7-18)31-16-19-5-3-4-10-27-19;/h3-10,17H,11-16H2,1-2H3,(H,26,28);1H. The highest BCUT2D eigenvalue weighted by atomic mass is 127. The summed E-state index contributed by atoms with van der Waals surface area (Å²) < 4.78 is 44.5. The van der Waals surface area contributed by atoms with Crippen molar-refractivity contribution in [3.8, 4) is 5.75 Å². The van der Waals surface area contributed by atoms with Gasteiger partial charge in [0, 0.05) is 46.0 Å². The predicted molar refractivity (Wildman–Crippen MR) is 129 cm³/mol. The van der Waals surface area contributed by atoms with Gasteiger partial charge < -0.3 is 15.0 Å². The number of rotatable bonds is 6. The lowest BCUT2D eigenvalue weighted by molar-refractivity contribution is -0.181. The minimum absolute atomic E-state index is 0. The first-order valence-corrected chi connectivity index (χ1v) is 10.2. The van der Waals surface area contributed by atoms with Gasteiger partial charge in [-0.1, -0.05) is 18.2 Å². The number of pyridine rings is 1. The van der Waals surface area contributed by atoms with E-state index in [1.165, 1.54) is 11.8 Å². The van der Waals surface area contributed by atoms with Crippen LogP contribution in [0.15, 0.2) is 53.7 Å². The number of hydrogen-bond donors (Lipinski definition) is 1. The van der Waals surface area contributed by atoms with Crippen LogP contribution in [-0.4, -0.2) is 66.2 Å². The fourth-order valence-electron chi connectivity index (χ4n) is 3.39. The van der Waals surface area contributed by atoms with E-state index in [2.05, 4.69) is 15.3 Å². The van der Waals surface area contributed by atoms with Crippen LogP contribution in [0, 0.1) is 0 Å². The summed E-state index contributed by atoms with van der Waals surface area (Å²) in [4.78, 5) is 12.0. The Morgan fingerprint density at radius 3 is 2.38 bits per heavy atom. The Labute approximate surface area is 203 Å². The Hall–Kier alpha value is -2.08. The van der Waals surface area contributed by atoms with E-state index >= 15 is 0 Å². The molecule has 0 aliphatic carbocycles. The van der Waals surface area contributed by atoms with Crippen molar-refractivity contribution < 1.29 is 17.9 Å². The second kappa shape index (κ2) is 12.2. The second-order valence-electron chi connectivity index (χ2n) is 7.40. The lowest BCUT2D eigenvalue weighted by atomic mass is 10.2. The first kappa shape index (κ1) is 26.2. The van der Waals surface area contributed by atoms with Crippen molar-refractivity contribution in [1.29, 1.82) is 0 Å². The van der Waals surface area contributed by atoms with Crippen LogP contribution in [0.25, 0.3) is 0 Å². The third-order valence-corrected chi connectivity index (χ3v) is 5.33. The average molecular weight is 563 g/mol. The van der Waals surface area contributed by atoms with E-state index < -0.39 is 12.2 Å². The lowest BCUT2D eigenvalue weighted by Crippen LogP contribution is -2.56. The number of hydrogen-bond acceptors (Lipinski definition) is 4. The summed E-state index contributed by atoms with van der Waals surface area (Å²) in [7, 11) is 1.68. The van der Waals surface area contributed by atoms with E-state index in [1.807, 2.05) is 47.4 Å². The lowest BCUT2D eigenvalue weighted by Gasteiger charge is -2.39. The zero-order chi connectivity index (χ0) is 22.3. The number of aromatic nitrogens is 1. The largest absolute Gasteiger partial charge is 0.487 e. The molecule has 0 radical (unpaired) electrons. The molecule has 32 heavy (non-hydrogen) atoms. The fraction of sp³-hybridized carbons (Fsp3) is 0.455. The van der Waals surface area contributed by atoms with Gasteiger partial charge in [0.2, 0.25) is 0 Å². The summed E-state index contributed by atoms with van der Waals surface area (Å²) in [6.07, 6.45) is -2.47. The quantitative estimate of drug-likeness (QED) is 0.328. The first-order valence-electron chi connectivity index (χ1n) is 10.2. The molecule has 0 spiro atoms. The Morgan fingerprint density at radius 1 is 1.12 bits per heavy atom. The SMILES string of the molecule is CN=C(NCc1ccc(OCc2ccccn2)cc1)N1CCN(C(C)C(F)(F)F)CC1.I. The molecule has 1 aliphatic rings. The van der Waals surface area contributed by atoms with Crippen molar-refractivity contribution >= 4 is 29.9 Å². The summed E-state index contributed by atoms with van der Waals surface area (Å²) in [5.74, 6) is 1.45. The second-order valence-corrected chi connectivity index (χ2v) is 7.40. The van der Waals surface area contributed by atoms with E-state index in [0.717, 1.165) is 17.0 Å². The van der Waals surface area contributed by atoms with Crippen molar-refractivity contribution in [2.45, 2.75) is 32.3 Å². The Balaban J connectivity index is 0.00000363. The summed E-state index contributed by atoms with van der Waals surface area (Å²) in [5.41, 5.74) is 1.91. The Bertz CT molecular complexity index is 841. The number of benzene rings is 1. The molecule has 0 saturated carbocycles. The molecule has 2 heterocycles. The van der Waals surface area contributed by atoms with Crippen molar-refractivity contribution in [1.82, 2.24) is 20.1 Å². The molecule has 1 aromatic heterocycles. The van der Waals surface area contributed by atoms with Crippen LogP contribution in [0.3, 0.4) is 0 Å². The average Bonchev–Trinajstić information content (AvgIpc) is 2.79. The zero-order valence-electron chi connectivity index (χ0n) is 18.2. The molecule has 1 fully saturated rings. The van der Waals surface area contributed by atoms with Crippen molar-refractivity contribution in [2.24, 2.45) is 4.99 Å². The van der Waals surface area contributed by atoms with Gasteiger partial charge in [-0.05, 0) is 36.8 Å². The number of aliphatic imine (C=N–C) groups is 1. The van der Waals surface area contributed by atoms with E-state index in [4.69, 9.17) is 4.74 Å². The third-order valence-electron chi connectivity index (χ3n) is 5.33. The molecular formula is C22H29F3IN5O. The highest BCUT2D eigenvalue weighted by Gasteiger charge is 2.41. The molecule has 0 bridgehead atoms. The molecule has 1 unspecified atom stereocenters. The molecule has 176 valence electrons. The van der Waals surface area contributed by atoms with Gasteiger partial charge in [0.25, 0.3) is 0 Å². The number of piperazine rings is 1. The Kier molecular flexibility index (Phi) is 10.0. The van der Waals surface area contributed by atoms with Crippen LogP contribution in [0.4, 0.5) is 13.2 Å². The van der Waals surface area contributed by atoms with Crippen LogP contribution in [0.2, 0.25) is 0 Å². The molecular weight excluding hydrogens is 534 g/mol. The van der Waals surface area contributed by atoms with Crippen molar-refractivity contribution in [2.75, 3.05) is 33.2 Å². The van der Waals surface area contributed by atoms with E-state index in [9.17, 15) is 13.2 Å². The van der Waals surface area contributed by atoms with Crippen LogP contribution < -0.4 is 10.1 Å². The molecule has 10 heteroatoms. The van der Waals surface area contributed by atoms with E-state index in [1.54, 1.807) is 13.2 Å². The highest BCUT2D eigenvalue weighted by molar-refractivity contribution is 14.0. The molecule has 1 saturated heterocycles. The fourth-order valence-corrected chi connectivity index (χ4v) is 3.39. The molecule has 1 N–H and O–H groups in total. The van der Waals surface area contributed by atoms with Crippen LogP contribution in [0.1, 0.15) is 18.2 Å². The first-order chi connectivity index (χ1) is 14.9. The smallest absolute Gasteiger partial charge is 0.403 e. The number of ether oxygens (including phenoxy) is 1. The minimum atomic E-state index is -4.20. The summed E-state index contributed by atoms with van der Waals surface area (Å²) in [6.45, 7) is 3.89. The third kappa shape index (κ3) is 7.51. The molecule has 2 aromatic rings. The number of alkyl halides is 3. The van der Waals surface area contributed by atoms with Gasteiger partial charge in [0.15, 0.2) is 5.96 Å². The number of halogens is 4. The topological polar surface area (TPSA) is 53.0 Å². The predicted octanol–water partition coefficient (Wildman–Crippen LogP) is 3.92. The highest BCUT2D eigenvalue weighted by Crippen LogP contribution is 2.25. The van der Waals surface area contributed by atoms with Gasteiger partial charge in [-0.2, -0.15) is 13.2 Å². The normalized spacial score (nSPS) is 16.3. The van der Waals surface area contributed by atoms with Gasteiger partial charge in [-0.15, -0.1) is 24.0 Å². The number of nitrogens with zero attached hydrogens (tertiary/aromatic N) is 4. The molecule has 1 atom stereocenters. The van der Waals surface area contributed by atoms with Crippen LogP contribution in [-0.2, 0) is 13.2 Å². The van der Waals surface area contributed by atoms with Crippen molar-refractivity contribution in [3.63, 3.8) is 0 Å². The molecule has 0 amide bonds. The maximum absolute atomic E-state index is 12.9. The molecule has 1 aromatic carbocycles. The van der Waals surface area contributed by atoms with E-state index in [-0.39, 0.29) is 24.0 Å². The molecule has 6 nitrogen and oxygen atoms in total. The van der Waals surface area contributed by atoms with Gasteiger partial charge in [-0.25, -0.2) is 0 Å². The summed E-state index contributed by atoms with van der Waals surface area (Å²) >= 11 is 0. The maximum atomic E-state index is 12.9. The van der Waals surface area contributed by atoms with E-state index in [0.29, 0.717) is 45.3 Å². The van der Waals surface area contributed by atoms with Gasteiger partial charge in [-0.3, -0.25) is 14.9 Å². The van der Waals surface area contributed by atoms with Crippen LogP contribution >= 0.6 is 24.0 Å². The van der Waals surface area contributed by atoms with Gasteiger partial charge in [0.1, 0.15) is 18.4 Å². The van der Waals surface area contributed by atoms with Crippen LogP contribution in [0.5, 0.6) is 5.75 Å². The monoisotopic (exact) mass is 563 g/mol. The minimum Gasteiger partial charge on any atom is -0.487 e. The molecule has 1 aliphatic heterocycles. The molecule has 3 rings (SSSR count). The van der Waals surface area contributed by atoms with Gasteiger partial charge >= 0.3 is 6.18 Å². The maximum Gasteiger partial charge on any atom is 0.403 e. The Morgan fingerprint density at radius 2 is 1.81 bits per heavy atom.